The van der Waals surface area contributed by atoms with Gasteiger partial charge in [0.25, 0.3) is 0 Å². The van der Waals surface area contributed by atoms with Crippen LogP contribution in [-0.2, 0) is 23.1 Å². The first-order valence-corrected chi connectivity index (χ1v) is 12.1. The second-order valence-electron chi connectivity index (χ2n) is 7.13. The molecule has 3 rings (SSSR count). The van der Waals surface area contributed by atoms with Crippen molar-refractivity contribution in [1.82, 2.24) is 19.9 Å². The minimum atomic E-state index is -3.42. The van der Waals surface area contributed by atoms with Crippen LogP contribution in [0.1, 0.15) is 40.4 Å². The van der Waals surface area contributed by atoms with Crippen LogP contribution in [0.5, 0.6) is 0 Å². The maximum absolute atomic E-state index is 12.9. The molecule has 30 heavy (non-hydrogen) atoms. The van der Waals surface area contributed by atoms with Gasteiger partial charge < -0.3 is 10.6 Å². The molecule has 0 radical (unpaired) electrons. The van der Waals surface area contributed by atoms with E-state index in [9.17, 15) is 8.42 Å². The molecule has 0 atom stereocenters. The maximum atomic E-state index is 12.9. The van der Waals surface area contributed by atoms with Gasteiger partial charge in [0.05, 0.1) is 22.1 Å². The molecule has 166 valence electrons. The predicted molar refractivity (Wildman–Crippen MR) is 133 cm³/mol. The Balaban J connectivity index is 0.00000320. The van der Waals surface area contributed by atoms with E-state index in [0.717, 1.165) is 35.5 Å². The number of nitrogens with zero attached hydrogens (tertiary/aromatic N) is 3. The summed E-state index contributed by atoms with van der Waals surface area (Å²) in [7, 11) is -1.70. The van der Waals surface area contributed by atoms with Crippen molar-refractivity contribution in [2.24, 2.45) is 4.99 Å². The molecule has 0 aliphatic carbocycles. The van der Waals surface area contributed by atoms with E-state index in [2.05, 4.69) is 20.6 Å². The van der Waals surface area contributed by atoms with Gasteiger partial charge in [0, 0.05) is 31.6 Å². The minimum Gasteiger partial charge on any atom is -0.352 e. The third-order valence-electron chi connectivity index (χ3n) is 4.95. The second kappa shape index (κ2) is 11.4. The van der Waals surface area contributed by atoms with Crippen LogP contribution in [0.4, 0.5) is 0 Å². The van der Waals surface area contributed by atoms with Gasteiger partial charge in [-0.25, -0.2) is 13.4 Å². The van der Waals surface area contributed by atoms with Gasteiger partial charge in [-0.2, -0.15) is 4.31 Å². The van der Waals surface area contributed by atoms with E-state index in [0.29, 0.717) is 37.0 Å². The molecule has 1 aromatic heterocycles. The topological polar surface area (TPSA) is 86.7 Å². The lowest BCUT2D eigenvalue weighted by Crippen LogP contribution is -2.36. The molecule has 0 amide bonds. The molecule has 2 aromatic rings. The Hall–Kier alpha value is -1.24. The Morgan fingerprint density at radius 3 is 2.50 bits per heavy atom. The highest BCUT2D eigenvalue weighted by Crippen LogP contribution is 2.21. The van der Waals surface area contributed by atoms with E-state index < -0.39 is 10.0 Å². The van der Waals surface area contributed by atoms with Crippen molar-refractivity contribution in [2.45, 2.75) is 51.1 Å². The molecular formula is C20H30IN5O2S2. The summed E-state index contributed by atoms with van der Waals surface area (Å²) >= 11 is 1.67. The van der Waals surface area contributed by atoms with E-state index in [1.807, 2.05) is 19.9 Å². The van der Waals surface area contributed by atoms with Gasteiger partial charge in [0.1, 0.15) is 0 Å². The fourth-order valence-electron chi connectivity index (χ4n) is 3.38. The number of hydrogen-bond donors (Lipinski definition) is 2. The third kappa shape index (κ3) is 6.38. The second-order valence-corrected chi connectivity index (χ2v) is 10.4. The molecule has 1 aromatic carbocycles. The van der Waals surface area contributed by atoms with Crippen molar-refractivity contribution in [1.29, 1.82) is 0 Å². The van der Waals surface area contributed by atoms with Crippen molar-refractivity contribution in [3.63, 3.8) is 0 Å². The molecule has 1 aliphatic rings. The lowest BCUT2D eigenvalue weighted by Gasteiger charge is -2.26. The van der Waals surface area contributed by atoms with Gasteiger partial charge in [-0.3, -0.25) is 4.99 Å². The molecule has 0 spiro atoms. The molecule has 0 unspecified atom stereocenters. The molecule has 2 heterocycles. The summed E-state index contributed by atoms with van der Waals surface area (Å²) in [5, 5.41) is 7.59. The van der Waals surface area contributed by atoms with Gasteiger partial charge in [-0.15, -0.1) is 35.3 Å². The summed E-state index contributed by atoms with van der Waals surface area (Å²) in [6.45, 7) is 6.37. The molecule has 7 nitrogen and oxygen atoms in total. The number of rotatable bonds is 6. The van der Waals surface area contributed by atoms with Crippen molar-refractivity contribution in [3.8, 4) is 0 Å². The highest BCUT2D eigenvalue weighted by molar-refractivity contribution is 14.0. The molecule has 0 saturated carbocycles. The molecular weight excluding hydrogens is 533 g/mol. The van der Waals surface area contributed by atoms with Gasteiger partial charge in [-0.05, 0) is 44.4 Å². The monoisotopic (exact) mass is 563 g/mol. The Morgan fingerprint density at radius 2 is 1.87 bits per heavy atom. The molecule has 10 heteroatoms. The number of aryl methyl sites for hydroxylation is 2. The van der Waals surface area contributed by atoms with Crippen LogP contribution < -0.4 is 10.6 Å². The fraction of sp³-hybridized carbons (Fsp3) is 0.500. The maximum Gasteiger partial charge on any atom is 0.243 e. The number of sulfonamides is 1. The van der Waals surface area contributed by atoms with Gasteiger partial charge in [0.15, 0.2) is 5.96 Å². The van der Waals surface area contributed by atoms with Crippen molar-refractivity contribution in [2.75, 3.05) is 20.1 Å². The third-order valence-corrected chi connectivity index (χ3v) is 7.92. The summed E-state index contributed by atoms with van der Waals surface area (Å²) in [5.74, 6) is 0.666. The van der Waals surface area contributed by atoms with Crippen LogP contribution in [0.15, 0.2) is 34.2 Å². The number of nitrogens with one attached hydrogen (secondary N) is 2. The first kappa shape index (κ1) is 25.0. The highest BCUT2D eigenvalue weighted by Gasteiger charge is 2.25. The number of guanidine groups is 1. The van der Waals surface area contributed by atoms with Gasteiger partial charge in [-0.1, -0.05) is 18.6 Å². The molecule has 1 saturated heterocycles. The van der Waals surface area contributed by atoms with Crippen LogP contribution >= 0.6 is 35.3 Å². The first-order chi connectivity index (χ1) is 13.9. The molecule has 0 bridgehead atoms. The van der Waals surface area contributed by atoms with E-state index in [4.69, 9.17) is 0 Å². The van der Waals surface area contributed by atoms with E-state index >= 15 is 0 Å². The highest BCUT2D eigenvalue weighted by atomic mass is 127. The Bertz CT molecular complexity index is 969. The number of halogens is 1. The lowest BCUT2D eigenvalue weighted by atomic mass is 10.2. The predicted octanol–water partition coefficient (Wildman–Crippen LogP) is 3.42. The largest absolute Gasteiger partial charge is 0.352 e. The van der Waals surface area contributed by atoms with Crippen molar-refractivity contribution in [3.05, 3.63) is 45.4 Å². The normalized spacial score (nSPS) is 15.5. The SMILES string of the molecule is CN=C(NCc1cccc(S(=O)(=O)N2CCCCC2)c1)NCc1sc(C)nc1C.I. The van der Waals surface area contributed by atoms with Crippen LogP contribution in [-0.4, -0.2) is 43.8 Å². The van der Waals surface area contributed by atoms with Gasteiger partial charge in [0.2, 0.25) is 10.0 Å². The van der Waals surface area contributed by atoms with Crippen LogP contribution in [0.25, 0.3) is 0 Å². The summed E-state index contributed by atoms with van der Waals surface area (Å²) in [5.41, 5.74) is 1.93. The smallest absolute Gasteiger partial charge is 0.243 e. The molecule has 1 fully saturated rings. The van der Waals surface area contributed by atoms with Gasteiger partial charge >= 0.3 is 0 Å². The zero-order chi connectivity index (χ0) is 20.9. The van der Waals surface area contributed by atoms with Crippen LogP contribution in [0, 0.1) is 13.8 Å². The Labute approximate surface area is 200 Å². The number of aromatic nitrogens is 1. The quantitative estimate of drug-likeness (QED) is 0.320. The number of hydrogen-bond acceptors (Lipinski definition) is 5. The lowest BCUT2D eigenvalue weighted by molar-refractivity contribution is 0.346. The Kier molecular flexibility index (Phi) is 9.51. The van der Waals surface area contributed by atoms with E-state index in [-0.39, 0.29) is 24.0 Å². The van der Waals surface area contributed by atoms with Crippen LogP contribution in [0.2, 0.25) is 0 Å². The number of piperidine rings is 1. The number of thiazole rings is 1. The van der Waals surface area contributed by atoms with Crippen molar-refractivity contribution >= 4 is 51.3 Å². The van der Waals surface area contributed by atoms with E-state index in [1.165, 1.54) is 4.88 Å². The molecule has 2 N–H and O–H groups in total. The zero-order valence-electron chi connectivity index (χ0n) is 17.6. The van der Waals surface area contributed by atoms with E-state index in [1.54, 1.807) is 40.9 Å². The Morgan fingerprint density at radius 1 is 1.17 bits per heavy atom. The minimum absolute atomic E-state index is 0. The average molecular weight is 564 g/mol. The molecule has 1 aliphatic heterocycles. The number of aliphatic imine (C=N–C) groups is 1. The summed E-state index contributed by atoms with van der Waals surface area (Å²) in [6, 6.07) is 7.15. The summed E-state index contributed by atoms with van der Waals surface area (Å²) < 4.78 is 27.4. The average Bonchev–Trinajstić information content (AvgIpc) is 3.06. The fourth-order valence-corrected chi connectivity index (χ4v) is 5.84. The number of benzene rings is 1. The van der Waals surface area contributed by atoms with Crippen LogP contribution in [0.3, 0.4) is 0 Å². The summed E-state index contributed by atoms with van der Waals surface area (Å²) in [6.07, 6.45) is 2.96. The zero-order valence-corrected chi connectivity index (χ0v) is 21.6. The standard InChI is InChI=1S/C20H29N5O2S2.HI/c1-15-19(28-16(2)24-15)14-23-20(21-3)22-13-17-8-7-9-18(12-17)29(26,27)25-10-5-4-6-11-25;/h7-9,12H,4-6,10-11,13-14H2,1-3H3,(H2,21,22,23);1H. The van der Waals surface area contributed by atoms with Crippen molar-refractivity contribution < 1.29 is 8.42 Å². The first-order valence-electron chi connectivity index (χ1n) is 9.86. The summed E-state index contributed by atoms with van der Waals surface area (Å²) in [4.78, 5) is 10.2.